The molecular formula is C22H25NO2S. The number of benzene rings is 2. The number of aliphatic hydroxyl groups excluding tert-OH is 1. The van der Waals surface area contributed by atoms with Crippen LogP contribution in [0.25, 0.3) is 6.08 Å². The lowest BCUT2D eigenvalue weighted by atomic mass is 9.93. The Hall–Kier alpha value is -2.04. The Morgan fingerprint density at radius 3 is 2.65 bits per heavy atom. The number of aryl methyl sites for hydroxylation is 1. The first-order valence-corrected chi connectivity index (χ1v) is 9.92. The zero-order chi connectivity index (χ0) is 18.4. The summed E-state index contributed by atoms with van der Waals surface area (Å²) in [6, 6.07) is 16.7. The summed E-state index contributed by atoms with van der Waals surface area (Å²) in [6.07, 6.45) is 6.52. The van der Waals surface area contributed by atoms with E-state index in [1.807, 2.05) is 24.3 Å². The summed E-state index contributed by atoms with van der Waals surface area (Å²) in [6.45, 7) is 2.09. The van der Waals surface area contributed by atoms with Gasteiger partial charge in [-0.3, -0.25) is 4.79 Å². The summed E-state index contributed by atoms with van der Waals surface area (Å²) >= 11 is 1.71. The first-order valence-electron chi connectivity index (χ1n) is 9.10. The van der Waals surface area contributed by atoms with Crippen LogP contribution < -0.4 is 5.32 Å². The quantitative estimate of drug-likeness (QED) is 0.761. The van der Waals surface area contributed by atoms with Crippen molar-refractivity contribution in [3.8, 4) is 0 Å². The van der Waals surface area contributed by atoms with Gasteiger partial charge in [0.25, 0.3) is 0 Å². The van der Waals surface area contributed by atoms with E-state index in [1.54, 1.807) is 17.8 Å². The Kier molecular flexibility index (Phi) is 6.53. The molecule has 0 heterocycles. The molecule has 0 spiro atoms. The predicted molar refractivity (Wildman–Crippen MR) is 107 cm³/mol. The van der Waals surface area contributed by atoms with Crippen LogP contribution in [0, 0.1) is 6.92 Å². The first-order chi connectivity index (χ1) is 12.6. The summed E-state index contributed by atoms with van der Waals surface area (Å²) in [5.74, 6) is -0.0678. The summed E-state index contributed by atoms with van der Waals surface area (Å²) in [5, 5.41) is 12.6. The molecule has 2 aromatic rings. The van der Waals surface area contributed by atoms with Crippen LogP contribution in [0.15, 0.2) is 64.4 Å². The zero-order valence-corrected chi connectivity index (χ0v) is 15.8. The molecule has 0 saturated heterocycles. The summed E-state index contributed by atoms with van der Waals surface area (Å²) < 4.78 is 0. The van der Waals surface area contributed by atoms with Crippen molar-refractivity contribution in [2.45, 2.75) is 54.5 Å². The van der Waals surface area contributed by atoms with Crippen molar-refractivity contribution in [3.05, 3.63) is 65.7 Å². The van der Waals surface area contributed by atoms with E-state index in [9.17, 15) is 9.90 Å². The number of carbonyl (C=O) groups is 1. The molecule has 2 N–H and O–H groups in total. The molecule has 3 nitrogen and oxygen atoms in total. The monoisotopic (exact) mass is 367 g/mol. The molecule has 1 aliphatic carbocycles. The number of amides is 1. The van der Waals surface area contributed by atoms with Crippen LogP contribution >= 0.6 is 11.8 Å². The van der Waals surface area contributed by atoms with Gasteiger partial charge in [0.1, 0.15) is 0 Å². The SMILES string of the molecule is Cc1cccc(Sc2ccccc2/C=C/C(=O)NC2CCC(O)CC2)c1. The van der Waals surface area contributed by atoms with Gasteiger partial charge in [0.05, 0.1) is 6.10 Å². The number of hydrogen-bond acceptors (Lipinski definition) is 3. The lowest BCUT2D eigenvalue weighted by Gasteiger charge is -2.25. The van der Waals surface area contributed by atoms with Crippen LogP contribution in [0.3, 0.4) is 0 Å². The van der Waals surface area contributed by atoms with Gasteiger partial charge in [-0.25, -0.2) is 0 Å². The number of hydrogen-bond donors (Lipinski definition) is 2. The van der Waals surface area contributed by atoms with E-state index in [4.69, 9.17) is 0 Å². The van der Waals surface area contributed by atoms with Crippen molar-refractivity contribution in [2.75, 3.05) is 0 Å². The van der Waals surface area contributed by atoms with Gasteiger partial charge in [0.2, 0.25) is 5.91 Å². The molecule has 26 heavy (non-hydrogen) atoms. The third-order valence-electron chi connectivity index (χ3n) is 4.59. The molecule has 136 valence electrons. The Labute approximate surface area is 159 Å². The third-order valence-corrected chi connectivity index (χ3v) is 5.68. The van der Waals surface area contributed by atoms with Gasteiger partial charge in [-0.05, 0) is 62.4 Å². The van der Waals surface area contributed by atoms with E-state index in [1.165, 1.54) is 10.5 Å². The van der Waals surface area contributed by atoms with Crippen LogP contribution in [0.5, 0.6) is 0 Å². The highest BCUT2D eigenvalue weighted by Crippen LogP contribution is 2.31. The van der Waals surface area contributed by atoms with Crippen molar-refractivity contribution >= 4 is 23.7 Å². The zero-order valence-electron chi connectivity index (χ0n) is 15.0. The number of carbonyl (C=O) groups excluding carboxylic acids is 1. The fourth-order valence-electron chi connectivity index (χ4n) is 3.15. The minimum atomic E-state index is -0.204. The molecule has 3 rings (SSSR count). The van der Waals surface area contributed by atoms with Gasteiger partial charge < -0.3 is 10.4 Å². The van der Waals surface area contributed by atoms with Gasteiger partial charge in [-0.1, -0.05) is 47.7 Å². The van der Waals surface area contributed by atoms with E-state index < -0.39 is 0 Å². The minimum Gasteiger partial charge on any atom is -0.393 e. The summed E-state index contributed by atoms with van der Waals surface area (Å²) in [7, 11) is 0. The standard InChI is InChI=1S/C22H25NO2S/c1-16-5-4-7-20(15-16)26-21-8-3-2-6-17(21)9-14-22(25)23-18-10-12-19(24)13-11-18/h2-9,14-15,18-19,24H,10-13H2,1H3,(H,23,25)/b14-9+. The molecule has 1 saturated carbocycles. The maximum absolute atomic E-state index is 12.2. The molecule has 0 radical (unpaired) electrons. The Morgan fingerprint density at radius 2 is 1.88 bits per heavy atom. The third kappa shape index (κ3) is 5.48. The van der Waals surface area contributed by atoms with Crippen molar-refractivity contribution in [2.24, 2.45) is 0 Å². The maximum Gasteiger partial charge on any atom is 0.244 e. The predicted octanol–water partition coefficient (Wildman–Crippen LogP) is 4.58. The summed E-state index contributed by atoms with van der Waals surface area (Å²) in [4.78, 5) is 14.5. The summed E-state index contributed by atoms with van der Waals surface area (Å²) in [5.41, 5.74) is 2.27. The second-order valence-electron chi connectivity index (χ2n) is 6.80. The minimum absolute atomic E-state index is 0.0678. The van der Waals surface area contributed by atoms with E-state index in [2.05, 4.69) is 42.6 Å². The van der Waals surface area contributed by atoms with Crippen LogP contribution in [0.4, 0.5) is 0 Å². The molecule has 1 amide bonds. The van der Waals surface area contributed by atoms with Crippen LogP contribution in [0.2, 0.25) is 0 Å². The number of rotatable bonds is 5. The largest absolute Gasteiger partial charge is 0.393 e. The molecule has 0 bridgehead atoms. The van der Waals surface area contributed by atoms with E-state index in [0.29, 0.717) is 0 Å². The lowest BCUT2D eigenvalue weighted by molar-refractivity contribution is -0.117. The van der Waals surface area contributed by atoms with Crippen molar-refractivity contribution in [1.82, 2.24) is 5.32 Å². The molecule has 0 aliphatic heterocycles. The highest BCUT2D eigenvalue weighted by molar-refractivity contribution is 7.99. The molecule has 1 fully saturated rings. The van der Waals surface area contributed by atoms with Crippen molar-refractivity contribution in [1.29, 1.82) is 0 Å². The number of aliphatic hydroxyl groups is 1. The highest BCUT2D eigenvalue weighted by atomic mass is 32.2. The molecule has 0 unspecified atom stereocenters. The van der Waals surface area contributed by atoms with Crippen LogP contribution in [-0.2, 0) is 4.79 Å². The average molecular weight is 368 g/mol. The molecule has 0 aromatic heterocycles. The Balaban J connectivity index is 1.64. The second kappa shape index (κ2) is 9.06. The maximum atomic E-state index is 12.2. The van der Waals surface area contributed by atoms with E-state index in [0.717, 1.165) is 36.1 Å². The molecule has 4 heteroatoms. The first kappa shape index (κ1) is 18.7. The smallest absolute Gasteiger partial charge is 0.244 e. The normalized spacial score (nSPS) is 20.2. The lowest BCUT2D eigenvalue weighted by Crippen LogP contribution is -2.37. The molecule has 0 atom stereocenters. The fraction of sp³-hybridized carbons (Fsp3) is 0.318. The Morgan fingerprint density at radius 1 is 1.12 bits per heavy atom. The van der Waals surface area contributed by atoms with Gasteiger partial charge in [0.15, 0.2) is 0 Å². The average Bonchev–Trinajstić information content (AvgIpc) is 2.63. The van der Waals surface area contributed by atoms with Gasteiger partial charge in [0, 0.05) is 21.9 Å². The number of nitrogens with one attached hydrogen (secondary N) is 1. The van der Waals surface area contributed by atoms with Crippen molar-refractivity contribution in [3.63, 3.8) is 0 Å². The molecule has 2 aromatic carbocycles. The highest BCUT2D eigenvalue weighted by Gasteiger charge is 2.19. The van der Waals surface area contributed by atoms with Crippen molar-refractivity contribution < 1.29 is 9.90 Å². The van der Waals surface area contributed by atoms with Crippen LogP contribution in [-0.4, -0.2) is 23.2 Å². The Bertz CT molecular complexity index is 779. The van der Waals surface area contributed by atoms with Gasteiger partial charge in [-0.15, -0.1) is 0 Å². The topological polar surface area (TPSA) is 49.3 Å². The van der Waals surface area contributed by atoms with E-state index >= 15 is 0 Å². The second-order valence-corrected chi connectivity index (χ2v) is 7.92. The van der Waals surface area contributed by atoms with E-state index in [-0.39, 0.29) is 18.1 Å². The van der Waals surface area contributed by atoms with Gasteiger partial charge in [-0.2, -0.15) is 0 Å². The van der Waals surface area contributed by atoms with Crippen LogP contribution in [0.1, 0.15) is 36.8 Å². The molecular weight excluding hydrogens is 342 g/mol. The molecule has 1 aliphatic rings. The fourth-order valence-corrected chi connectivity index (χ4v) is 4.20. The van der Waals surface area contributed by atoms with Gasteiger partial charge >= 0.3 is 0 Å².